The van der Waals surface area contributed by atoms with Gasteiger partial charge in [-0.05, 0) is 44.6 Å². The van der Waals surface area contributed by atoms with E-state index in [9.17, 15) is 4.79 Å². The van der Waals surface area contributed by atoms with Crippen molar-refractivity contribution >= 4 is 11.9 Å². The fourth-order valence-electron chi connectivity index (χ4n) is 2.67. The molecule has 2 aromatic rings. The smallest absolute Gasteiger partial charge is 0.155 e. The van der Waals surface area contributed by atoms with Crippen molar-refractivity contribution in [3.8, 4) is 0 Å². The van der Waals surface area contributed by atoms with Crippen LogP contribution in [0.5, 0.6) is 0 Å². The number of carbonyl (C=O) groups is 1. The molecule has 2 aromatic heterocycles. The molecule has 5 nitrogen and oxygen atoms in total. The highest BCUT2D eigenvalue weighted by molar-refractivity contribution is 5.74. The number of nitrogens with zero attached hydrogens (tertiary/aromatic N) is 4. The molecule has 0 bridgehead atoms. The molecule has 5 heteroatoms. The zero-order valence-corrected chi connectivity index (χ0v) is 11.1. The van der Waals surface area contributed by atoms with Gasteiger partial charge in [-0.25, -0.2) is 9.50 Å². The van der Waals surface area contributed by atoms with Crippen LogP contribution in [0, 0.1) is 0 Å². The fourth-order valence-corrected chi connectivity index (χ4v) is 2.67. The SMILES string of the molecule is CCN1CCC(c2nc3ccc(C=O)cn3n2)CC1. The molecule has 1 fully saturated rings. The van der Waals surface area contributed by atoms with Gasteiger partial charge >= 0.3 is 0 Å². The van der Waals surface area contributed by atoms with Gasteiger partial charge in [-0.15, -0.1) is 0 Å². The predicted molar refractivity (Wildman–Crippen MR) is 72.5 cm³/mol. The second-order valence-corrected chi connectivity index (χ2v) is 5.06. The number of carbonyl (C=O) groups excluding carboxylic acids is 1. The first-order valence-electron chi connectivity index (χ1n) is 6.84. The van der Waals surface area contributed by atoms with Gasteiger partial charge in [0, 0.05) is 17.7 Å². The minimum Gasteiger partial charge on any atom is -0.304 e. The van der Waals surface area contributed by atoms with Gasteiger partial charge in [-0.3, -0.25) is 4.79 Å². The van der Waals surface area contributed by atoms with E-state index >= 15 is 0 Å². The Bertz CT molecular complexity index is 584. The Hall–Kier alpha value is -1.75. The summed E-state index contributed by atoms with van der Waals surface area (Å²) >= 11 is 0. The van der Waals surface area contributed by atoms with Crippen molar-refractivity contribution in [1.29, 1.82) is 0 Å². The van der Waals surface area contributed by atoms with Crippen LogP contribution in [0.15, 0.2) is 18.3 Å². The zero-order valence-electron chi connectivity index (χ0n) is 11.1. The first kappa shape index (κ1) is 12.3. The largest absolute Gasteiger partial charge is 0.304 e. The lowest BCUT2D eigenvalue weighted by Gasteiger charge is -2.29. The van der Waals surface area contributed by atoms with Crippen LogP contribution in [-0.4, -0.2) is 45.4 Å². The maximum absolute atomic E-state index is 10.8. The standard InChI is InChI=1S/C14H18N4O/c1-2-17-7-5-12(6-8-17)14-15-13-4-3-11(10-19)9-18(13)16-14/h3-4,9-10,12H,2,5-8H2,1H3. The molecule has 0 atom stereocenters. The number of aromatic nitrogens is 3. The molecular weight excluding hydrogens is 240 g/mol. The maximum Gasteiger partial charge on any atom is 0.155 e. The van der Waals surface area contributed by atoms with Crippen LogP contribution < -0.4 is 0 Å². The third-order valence-corrected chi connectivity index (χ3v) is 3.91. The molecule has 0 unspecified atom stereocenters. The van der Waals surface area contributed by atoms with Gasteiger partial charge in [0.25, 0.3) is 0 Å². The molecule has 0 spiro atoms. The van der Waals surface area contributed by atoms with Crippen molar-refractivity contribution < 1.29 is 4.79 Å². The van der Waals surface area contributed by atoms with Gasteiger partial charge < -0.3 is 4.90 Å². The quantitative estimate of drug-likeness (QED) is 0.787. The molecule has 3 heterocycles. The Labute approximate surface area is 112 Å². The Morgan fingerprint density at radius 1 is 1.37 bits per heavy atom. The van der Waals surface area contributed by atoms with Crippen molar-refractivity contribution in [1.82, 2.24) is 19.5 Å². The van der Waals surface area contributed by atoms with E-state index in [1.54, 1.807) is 16.8 Å². The van der Waals surface area contributed by atoms with Crippen LogP contribution in [0.1, 0.15) is 41.9 Å². The summed E-state index contributed by atoms with van der Waals surface area (Å²) in [6.45, 7) is 5.56. The molecule has 1 aliphatic rings. The maximum atomic E-state index is 10.8. The second-order valence-electron chi connectivity index (χ2n) is 5.06. The van der Waals surface area contributed by atoms with E-state index in [1.807, 2.05) is 6.07 Å². The number of likely N-dealkylation sites (tertiary alicyclic amines) is 1. The summed E-state index contributed by atoms with van der Waals surface area (Å²) in [6, 6.07) is 3.63. The monoisotopic (exact) mass is 258 g/mol. The molecular formula is C14H18N4O. The van der Waals surface area contributed by atoms with Crippen LogP contribution in [0.2, 0.25) is 0 Å². The second kappa shape index (κ2) is 5.09. The minimum absolute atomic E-state index is 0.447. The average Bonchev–Trinajstić information content (AvgIpc) is 2.90. The van der Waals surface area contributed by atoms with E-state index < -0.39 is 0 Å². The van der Waals surface area contributed by atoms with Crippen molar-refractivity contribution in [2.75, 3.05) is 19.6 Å². The van der Waals surface area contributed by atoms with Crippen LogP contribution in [0.4, 0.5) is 0 Å². The lowest BCUT2D eigenvalue weighted by molar-refractivity contribution is 0.112. The van der Waals surface area contributed by atoms with E-state index in [0.717, 1.165) is 50.2 Å². The van der Waals surface area contributed by atoms with Crippen molar-refractivity contribution in [3.05, 3.63) is 29.7 Å². The molecule has 0 amide bonds. The first-order chi connectivity index (χ1) is 9.30. The van der Waals surface area contributed by atoms with E-state index in [-0.39, 0.29) is 0 Å². The molecule has 100 valence electrons. The highest BCUT2D eigenvalue weighted by Crippen LogP contribution is 2.25. The van der Waals surface area contributed by atoms with Crippen molar-refractivity contribution in [3.63, 3.8) is 0 Å². The van der Waals surface area contributed by atoms with Crippen molar-refractivity contribution in [2.24, 2.45) is 0 Å². The van der Waals surface area contributed by atoms with Gasteiger partial charge in [-0.2, -0.15) is 5.10 Å². The molecule has 1 aliphatic heterocycles. The Morgan fingerprint density at radius 2 is 2.16 bits per heavy atom. The number of aldehydes is 1. The minimum atomic E-state index is 0.447. The number of pyridine rings is 1. The highest BCUT2D eigenvalue weighted by Gasteiger charge is 2.23. The number of hydrogen-bond donors (Lipinski definition) is 0. The summed E-state index contributed by atoms with van der Waals surface area (Å²) in [6.07, 6.45) is 4.80. The number of hydrogen-bond acceptors (Lipinski definition) is 4. The summed E-state index contributed by atoms with van der Waals surface area (Å²) in [5, 5.41) is 4.52. The summed E-state index contributed by atoms with van der Waals surface area (Å²) in [5.41, 5.74) is 1.45. The summed E-state index contributed by atoms with van der Waals surface area (Å²) in [7, 11) is 0. The lowest BCUT2D eigenvalue weighted by atomic mass is 9.96. The van der Waals surface area contributed by atoms with Gasteiger partial charge in [0.05, 0.1) is 0 Å². The molecule has 1 saturated heterocycles. The topological polar surface area (TPSA) is 50.5 Å². The summed E-state index contributed by atoms with van der Waals surface area (Å²) in [4.78, 5) is 17.8. The average molecular weight is 258 g/mol. The van der Waals surface area contributed by atoms with E-state index in [1.165, 1.54) is 0 Å². The van der Waals surface area contributed by atoms with E-state index in [2.05, 4.69) is 21.9 Å². The van der Waals surface area contributed by atoms with Gasteiger partial charge in [0.1, 0.15) is 0 Å². The molecule has 19 heavy (non-hydrogen) atoms. The van der Waals surface area contributed by atoms with Gasteiger partial charge in [-0.1, -0.05) is 6.92 Å². The Kier molecular flexibility index (Phi) is 3.29. The molecule has 0 radical (unpaired) electrons. The highest BCUT2D eigenvalue weighted by atomic mass is 16.1. The van der Waals surface area contributed by atoms with Gasteiger partial charge in [0.2, 0.25) is 0 Å². The third kappa shape index (κ3) is 2.38. The third-order valence-electron chi connectivity index (χ3n) is 3.91. The number of rotatable bonds is 3. The lowest BCUT2D eigenvalue weighted by Crippen LogP contribution is -2.32. The van der Waals surface area contributed by atoms with Crippen LogP contribution in [0.25, 0.3) is 5.65 Å². The van der Waals surface area contributed by atoms with Crippen molar-refractivity contribution in [2.45, 2.75) is 25.7 Å². The molecule has 0 saturated carbocycles. The Morgan fingerprint density at radius 3 is 2.84 bits per heavy atom. The fraction of sp³-hybridized carbons (Fsp3) is 0.500. The molecule has 3 rings (SSSR count). The number of piperidine rings is 1. The molecule has 0 aliphatic carbocycles. The van der Waals surface area contributed by atoms with E-state index in [4.69, 9.17) is 0 Å². The molecule has 0 N–H and O–H groups in total. The van der Waals surface area contributed by atoms with Crippen LogP contribution in [-0.2, 0) is 0 Å². The summed E-state index contributed by atoms with van der Waals surface area (Å²) in [5.74, 6) is 1.36. The summed E-state index contributed by atoms with van der Waals surface area (Å²) < 4.78 is 1.71. The van der Waals surface area contributed by atoms with Gasteiger partial charge in [0.15, 0.2) is 17.8 Å². The normalized spacial score (nSPS) is 17.9. The predicted octanol–water partition coefficient (Wildman–Crippen LogP) is 1.74. The zero-order chi connectivity index (χ0) is 13.2. The van der Waals surface area contributed by atoms with Crippen LogP contribution in [0.3, 0.4) is 0 Å². The van der Waals surface area contributed by atoms with E-state index in [0.29, 0.717) is 11.5 Å². The Balaban J connectivity index is 1.83. The number of fused-ring (bicyclic) bond motifs is 1. The van der Waals surface area contributed by atoms with Crippen LogP contribution >= 0.6 is 0 Å². The molecule has 0 aromatic carbocycles. The first-order valence-corrected chi connectivity index (χ1v) is 6.84.